The number of nitrogens with zero attached hydrogens (tertiary/aromatic N) is 3. The molecule has 0 saturated heterocycles. The normalized spacial score (nSPS) is 10.7. The summed E-state index contributed by atoms with van der Waals surface area (Å²) in [6, 6.07) is 17.7. The molecule has 2 aromatic carbocycles. The lowest BCUT2D eigenvalue weighted by atomic mass is 10.1. The molecule has 4 nitrogen and oxygen atoms in total. The molecule has 1 aromatic heterocycles. The van der Waals surface area contributed by atoms with Gasteiger partial charge in [0.05, 0.1) is 17.3 Å². The summed E-state index contributed by atoms with van der Waals surface area (Å²) in [6.45, 7) is 8.36. The SMILES string of the molecule is Cc1ccc(Oc2cc(C(C)C)nc(SCc3cccc(C#N)c3)n2)cc1C. The number of thioether (sulfide) groups is 1. The number of benzene rings is 2. The molecule has 5 heteroatoms. The first-order valence-electron chi connectivity index (χ1n) is 9.20. The van der Waals surface area contributed by atoms with Crippen LogP contribution in [0.25, 0.3) is 0 Å². The second-order valence-corrected chi connectivity index (χ2v) is 7.96. The second-order valence-electron chi connectivity index (χ2n) is 7.02. The number of aryl methyl sites for hydroxylation is 2. The zero-order valence-corrected chi connectivity index (χ0v) is 17.4. The smallest absolute Gasteiger partial charge is 0.223 e. The standard InChI is InChI=1S/C23H23N3OS/c1-15(2)21-12-22(27-20-9-8-16(3)17(4)10-20)26-23(25-21)28-14-19-7-5-6-18(11-19)13-24/h5-12,15H,14H2,1-4H3. The monoisotopic (exact) mass is 389 g/mol. The average molecular weight is 390 g/mol. The molecule has 0 aliphatic carbocycles. The van der Waals surface area contributed by atoms with Crippen LogP contribution in [0.2, 0.25) is 0 Å². The molecule has 3 rings (SSSR count). The van der Waals surface area contributed by atoms with Crippen LogP contribution in [0.15, 0.2) is 53.7 Å². The predicted octanol–water partition coefficient (Wildman–Crippen LogP) is 6.17. The third-order valence-corrected chi connectivity index (χ3v) is 5.34. The molecule has 142 valence electrons. The van der Waals surface area contributed by atoms with Crippen LogP contribution < -0.4 is 4.74 Å². The Morgan fingerprint density at radius 1 is 1.04 bits per heavy atom. The Balaban J connectivity index is 1.82. The molecule has 0 aliphatic rings. The molecule has 1 heterocycles. The third-order valence-electron chi connectivity index (χ3n) is 4.42. The van der Waals surface area contributed by atoms with Gasteiger partial charge in [-0.15, -0.1) is 0 Å². The van der Waals surface area contributed by atoms with Gasteiger partial charge in [0, 0.05) is 11.8 Å². The van der Waals surface area contributed by atoms with Crippen LogP contribution in [0, 0.1) is 25.2 Å². The summed E-state index contributed by atoms with van der Waals surface area (Å²) in [5.41, 5.74) is 5.09. The lowest BCUT2D eigenvalue weighted by molar-refractivity contribution is 0.452. The van der Waals surface area contributed by atoms with Crippen molar-refractivity contribution >= 4 is 11.8 Å². The molecule has 0 atom stereocenters. The van der Waals surface area contributed by atoms with Gasteiger partial charge in [-0.2, -0.15) is 10.2 Å². The predicted molar refractivity (Wildman–Crippen MR) is 113 cm³/mol. The highest BCUT2D eigenvalue weighted by atomic mass is 32.2. The van der Waals surface area contributed by atoms with Crippen molar-refractivity contribution in [1.82, 2.24) is 9.97 Å². The van der Waals surface area contributed by atoms with Crippen molar-refractivity contribution in [2.75, 3.05) is 0 Å². The number of nitriles is 1. The number of ether oxygens (including phenoxy) is 1. The highest BCUT2D eigenvalue weighted by Crippen LogP contribution is 2.28. The maximum Gasteiger partial charge on any atom is 0.223 e. The van der Waals surface area contributed by atoms with E-state index >= 15 is 0 Å². The number of aromatic nitrogens is 2. The van der Waals surface area contributed by atoms with Crippen LogP contribution in [-0.4, -0.2) is 9.97 Å². The quantitative estimate of drug-likeness (QED) is 0.372. The molecule has 0 N–H and O–H groups in total. The molecule has 28 heavy (non-hydrogen) atoms. The Labute approximate surface area is 170 Å². The lowest BCUT2D eigenvalue weighted by Crippen LogP contribution is -2.00. The van der Waals surface area contributed by atoms with Gasteiger partial charge in [0.25, 0.3) is 0 Å². The van der Waals surface area contributed by atoms with Crippen LogP contribution in [-0.2, 0) is 5.75 Å². The van der Waals surface area contributed by atoms with Crippen LogP contribution in [0.4, 0.5) is 0 Å². The Hall–Kier alpha value is -2.84. The van der Waals surface area contributed by atoms with Crippen molar-refractivity contribution in [2.24, 2.45) is 0 Å². The van der Waals surface area contributed by atoms with Gasteiger partial charge in [-0.3, -0.25) is 0 Å². The zero-order valence-electron chi connectivity index (χ0n) is 16.6. The fourth-order valence-electron chi connectivity index (χ4n) is 2.61. The van der Waals surface area contributed by atoms with Gasteiger partial charge in [0.15, 0.2) is 5.16 Å². The first kappa shape index (κ1) is 19.9. The van der Waals surface area contributed by atoms with Gasteiger partial charge in [0.2, 0.25) is 5.88 Å². The van der Waals surface area contributed by atoms with Crippen molar-refractivity contribution in [3.05, 3.63) is 76.5 Å². The van der Waals surface area contributed by atoms with Crippen LogP contribution in [0.3, 0.4) is 0 Å². The van der Waals surface area contributed by atoms with Crippen molar-refractivity contribution in [3.63, 3.8) is 0 Å². The molecule has 0 aliphatic heterocycles. The van der Waals surface area contributed by atoms with Crippen molar-refractivity contribution < 1.29 is 4.74 Å². The van der Waals surface area contributed by atoms with E-state index in [4.69, 9.17) is 10.00 Å². The first-order valence-corrected chi connectivity index (χ1v) is 10.2. The molecular weight excluding hydrogens is 366 g/mol. The number of rotatable bonds is 6. The third kappa shape index (κ3) is 5.11. The minimum atomic E-state index is 0.270. The summed E-state index contributed by atoms with van der Waals surface area (Å²) in [7, 11) is 0. The summed E-state index contributed by atoms with van der Waals surface area (Å²) < 4.78 is 6.03. The number of hydrogen-bond acceptors (Lipinski definition) is 5. The van der Waals surface area contributed by atoms with E-state index in [2.05, 4.69) is 43.7 Å². The summed E-state index contributed by atoms with van der Waals surface area (Å²) >= 11 is 1.54. The average Bonchev–Trinajstić information content (AvgIpc) is 2.69. The Morgan fingerprint density at radius 3 is 2.57 bits per heavy atom. The maximum absolute atomic E-state index is 9.06. The largest absolute Gasteiger partial charge is 0.439 e. The van der Waals surface area contributed by atoms with E-state index in [-0.39, 0.29) is 5.92 Å². The van der Waals surface area contributed by atoms with Crippen molar-refractivity contribution in [3.8, 4) is 17.7 Å². The van der Waals surface area contributed by atoms with Crippen molar-refractivity contribution in [2.45, 2.75) is 44.5 Å². The van der Waals surface area contributed by atoms with E-state index in [0.29, 0.717) is 22.4 Å². The number of hydrogen-bond donors (Lipinski definition) is 0. The molecule has 0 spiro atoms. The van der Waals surface area contributed by atoms with Gasteiger partial charge >= 0.3 is 0 Å². The molecule has 0 saturated carbocycles. The highest BCUT2D eigenvalue weighted by Gasteiger charge is 2.11. The molecular formula is C23H23N3OS. The lowest BCUT2D eigenvalue weighted by Gasteiger charge is -2.12. The van der Waals surface area contributed by atoms with E-state index in [1.165, 1.54) is 11.1 Å². The minimum Gasteiger partial charge on any atom is -0.439 e. The zero-order chi connectivity index (χ0) is 20.1. The van der Waals surface area contributed by atoms with Crippen LogP contribution in [0.1, 0.15) is 47.7 Å². The molecule has 0 bridgehead atoms. The van der Waals surface area contributed by atoms with Gasteiger partial charge < -0.3 is 4.74 Å². The summed E-state index contributed by atoms with van der Waals surface area (Å²) in [6.07, 6.45) is 0. The maximum atomic E-state index is 9.06. The Kier molecular flexibility index (Phi) is 6.33. The molecule has 0 fully saturated rings. The molecule has 0 radical (unpaired) electrons. The van der Waals surface area contributed by atoms with Gasteiger partial charge in [-0.05, 0) is 60.7 Å². The second kappa shape index (κ2) is 8.90. The molecule has 3 aromatic rings. The highest BCUT2D eigenvalue weighted by molar-refractivity contribution is 7.98. The van der Waals surface area contributed by atoms with Crippen LogP contribution in [0.5, 0.6) is 11.6 Å². The van der Waals surface area contributed by atoms with E-state index in [0.717, 1.165) is 17.0 Å². The van der Waals surface area contributed by atoms with E-state index in [1.807, 2.05) is 42.5 Å². The fourth-order valence-corrected chi connectivity index (χ4v) is 3.41. The Bertz CT molecular complexity index is 1020. The molecule has 0 amide bonds. The van der Waals surface area contributed by atoms with Crippen molar-refractivity contribution in [1.29, 1.82) is 5.26 Å². The van der Waals surface area contributed by atoms with E-state index < -0.39 is 0 Å². The van der Waals surface area contributed by atoms with Crippen LogP contribution >= 0.6 is 11.8 Å². The molecule has 0 unspecified atom stereocenters. The Morgan fingerprint density at radius 2 is 1.86 bits per heavy atom. The fraction of sp³-hybridized carbons (Fsp3) is 0.261. The summed E-state index contributed by atoms with van der Waals surface area (Å²) in [5.74, 6) is 2.29. The first-order chi connectivity index (χ1) is 13.4. The minimum absolute atomic E-state index is 0.270. The topological polar surface area (TPSA) is 58.8 Å². The summed E-state index contributed by atoms with van der Waals surface area (Å²) in [5, 5.41) is 9.73. The van der Waals surface area contributed by atoms with Gasteiger partial charge in [-0.25, -0.2) is 4.98 Å². The van der Waals surface area contributed by atoms with E-state index in [9.17, 15) is 0 Å². The van der Waals surface area contributed by atoms with Gasteiger partial charge in [0.1, 0.15) is 5.75 Å². The van der Waals surface area contributed by atoms with Gasteiger partial charge in [-0.1, -0.05) is 43.8 Å². The summed E-state index contributed by atoms with van der Waals surface area (Å²) in [4.78, 5) is 9.26. The van der Waals surface area contributed by atoms with E-state index in [1.54, 1.807) is 17.8 Å².